The molecule has 0 saturated carbocycles. The molecule has 0 spiro atoms. The first-order chi connectivity index (χ1) is 16.3. The Morgan fingerprint density at radius 3 is 1.42 bits per heavy atom. The van der Waals surface area contributed by atoms with E-state index in [9.17, 15) is 0 Å². The van der Waals surface area contributed by atoms with Crippen molar-refractivity contribution < 1.29 is 0 Å². The van der Waals surface area contributed by atoms with Gasteiger partial charge in [0.05, 0.1) is 0 Å². The van der Waals surface area contributed by atoms with Crippen molar-refractivity contribution in [2.24, 2.45) is 0 Å². The molecule has 6 rings (SSSR count). The van der Waals surface area contributed by atoms with Crippen molar-refractivity contribution in [2.75, 3.05) is 0 Å². The molecule has 158 valence electrons. The van der Waals surface area contributed by atoms with Gasteiger partial charge in [-0.05, 0) is 59.2 Å². The van der Waals surface area contributed by atoms with Crippen LogP contribution in [0.25, 0.3) is 11.1 Å². The van der Waals surface area contributed by atoms with E-state index in [4.69, 9.17) is 0 Å². The molecule has 0 aliphatic carbocycles. The second-order valence-electron chi connectivity index (χ2n) is 7.87. The second kappa shape index (κ2) is 9.23. The quantitative estimate of drug-likeness (QED) is 0.239. The Labute approximate surface area is 204 Å². The summed E-state index contributed by atoms with van der Waals surface area (Å²) in [5.41, 5.74) is 2.54. The van der Waals surface area contributed by atoms with E-state index in [1.54, 1.807) is 0 Å². The van der Waals surface area contributed by atoms with Crippen LogP contribution in [-0.2, 0) is 0 Å². The van der Waals surface area contributed by atoms with Gasteiger partial charge in [0.15, 0.2) is 0 Å². The van der Waals surface area contributed by atoms with E-state index < -0.39 is 7.92 Å². The third-order valence-corrected chi connectivity index (χ3v) is 10.7. The molecule has 5 aromatic carbocycles. The monoisotopic (exact) mass is 476 g/mol. The molecule has 1 aliphatic heterocycles. The molecule has 1 aliphatic rings. The number of rotatable bonds is 4. The SMILES string of the molecule is c1ccc(P(c2ccccc2)c2ccc(-c3ccc4c(c3)Sc3ccccc3S4)cc2)cc1. The summed E-state index contributed by atoms with van der Waals surface area (Å²) in [6.07, 6.45) is 0. The molecule has 0 saturated heterocycles. The molecule has 3 heteroatoms. The van der Waals surface area contributed by atoms with E-state index in [1.165, 1.54) is 46.6 Å². The Hall–Kier alpha value is -2.77. The number of benzene rings is 5. The van der Waals surface area contributed by atoms with Crippen molar-refractivity contribution in [1.29, 1.82) is 0 Å². The van der Waals surface area contributed by atoms with Crippen LogP contribution >= 0.6 is 31.4 Å². The van der Waals surface area contributed by atoms with Gasteiger partial charge >= 0.3 is 0 Å². The second-order valence-corrected chi connectivity index (χ2v) is 12.3. The molecule has 0 amide bonds. The van der Waals surface area contributed by atoms with Gasteiger partial charge in [-0.3, -0.25) is 0 Å². The van der Waals surface area contributed by atoms with Crippen molar-refractivity contribution in [2.45, 2.75) is 19.6 Å². The highest BCUT2D eigenvalue weighted by molar-refractivity contribution is 8.05. The van der Waals surface area contributed by atoms with E-state index in [0.29, 0.717) is 0 Å². The van der Waals surface area contributed by atoms with Crippen LogP contribution in [0.15, 0.2) is 147 Å². The topological polar surface area (TPSA) is 0 Å². The van der Waals surface area contributed by atoms with Gasteiger partial charge in [0, 0.05) is 19.6 Å². The molecule has 5 aromatic rings. The average molecular weight is 477 g/mol. The maximum absolute atomic E-state index is 2.34. The molecular weight excluding hydrogens is 455 g/mol. The molecule has 33 heavy (non-hydrogen) atoms. The summed E-state index contributed by atoms with van der Waals surface area (Å²) >= 11 is 3.75. The van der Waals surface area contributed by atoms with Crippen LogP contribution in [0, 0.1) is 0 Å². The molecule has 0 atom stereocenters. The largest absolute Gasteiger partial charge is 0.0877 e. The van der Waals surface area contributed by atoms with E-state index >= 15 is 0 Å². The molecule has 0 unspecified atom stereocenters. The molecule has 0 N–H and O–H groups in total. The molecule has 0 aromatic heterocycles. The standard InChI is InChI=1S/C30H21PS2/c1-3-9-24(10-4-1)31(25-11-5-2-6-12-25)26-18-15-22(16-19-26)23-17-20-29-30(21-23)33-28-14-8-7-13-27(28)32-29/h1-21H. The molecule has 1 heterocycles. The van der Waals surface area contributed by atoms with Gasteiger partial charge in [0.1, 0.15) is 0 Å². The van der Waals surface area contributed by atoms with Gasteiger partial charge in [-0.2, -0.15) is 0 Å². The average Bonchev–Trinajstić information content (AvgIpc) is 2.89. The molecule has 0 fully saturated rings. The number of hydrogen-bond acceptors (Lipinski definition) is 2. The third kappa shape index (κ3) is 4.27. The zero-order valence-electron chi connectivity index (χ0n) is 17.9. The molecule has 0 radical (unpaired) electrons. The highest BCUT2D eigenvalue weighted by atomic mass is 32.2. The highest BCUT2D eigenvalue weighted by Crippen LogP contribution is 2.49. The van der Waals surface area contributed by atoms with Crippen LogP contribution in [0.5, 0.6) is 0 Å². The van der Waals surface area contributed by atoms with Gasteiger partial charge in [-0.15, -0.1) is 0 Å². The fourth-order valence-corrected chi connectivity index (χ4v) is 8.65. The van der Waals surface area contributed by atoms with Crippen LogP contribution in [0.2, 0.25) is 0 Å². The van der Waals surface area contributed by atoms with Crippen molar-refractivity contribution in [3.8, 4) is 11.1 Å². The summed E-state index contributed by atoms with van der Waals surface area (Å²) in [4.78, 5) is 5.38. The first kappa shape index (κ1) is 20.8. The van der Waals surface area contributed by atoms with E-state index in [1.807, 2.05) is 23.5 Å². The first-order valence-corrected chi connectivity index (χ1v) is 13.9. The van der Waals surface area contributed by atoms with Gasteiger partial charge in [0.2, 0.25) is 0 Å². The summed E-state index contributed by atoms with van der Waals surface area (Å²) < 4.78 is 0. The summed E-state index contributed by atoms with van der Waals surface area (Å²) in [6.45, 7) is 0. The minimum absolute atomic E-state index is 0.572. The molecular formula is C30H21PS2. The van der Waals surface area contributed by atoms with Crippen molar-refractivity contribution in [3.63, 3.8) is 0 Å². The van der Waals surface area contributed by atoms with Crippen LogP contribution in [-0.4, -0.2) is 0 Å². The van der Waals surface area contributed by atoms with Crippen molar-refractivity contribution in [3.05, 3.63) is 127 Å². The Morgan fingerprint density at radius 1 is 0.364 bits per heavy atom. The zero-order valence-corrected chi connectivity index (χ0v) is 20.4. The van der Waals surface area contributed by atoms with Gasteiger partial charge in [-0.25, -0.2) is 0 Å². The minimum Gasteiger partial charge on any atom is -0.0877 e. The van der Waals surface area contributed by atoms with Crippen LogP contribution in [0.3, 0.4) is 0 Å². The lowest BCUT2D eigenvalue weighted by molar-refractivity contribution is 1.16. The molecule has 0 nitrogen and oxygen atoms in total. The van der Waals surface area contributed by atoms with Crippen molar-refractivity contribution >= 4 is 47.4 Å². The van der Waals surface area contributed by atoms with Gasteiger partial charge < -0.3 is 0 Å². The van der Waals surface area contributed by atoms with Gasteiger partial charge in [-0.1, -0.05) is 127 Å². The van der Waals surface area contributed by atoms with Crippen LogP contribution < -0.4 is 15.9 Å². The maximum atomic E-state index is 2.34. The maximum Gasteiger partial charge on any atom is 0.0268 e. The lowest BCUT2D eigenvalue weighted by atomic mass is 10.1. The van der Waals surface area contributed by atoms with E-state index in [0.717, 1.165) is 0 Å². The van der Waals surface area contributed by atoms with E-state index in [-0.39, 0.29) is 0 Å². The summed E-state index contributed by atoms with van der Waals surface area (Å²) in [7, 11) is -0.572. The predicted octanol–water partition coefficient (Wildman–Crippen LogP) is 7.73. The highest BCUT2D eigenvalue weighted by Gasteiger charge is 2.18. The Morgan fingerprint density at radius 2 is 0.818 bits per heavy atom. The number of fused-ring (bicyclic) bond motifs is 2. The smallest absolute Gasteiger partial charge is 0.0268 e. The summed E-state index contributed by atoms with van der Waals surface area (Å²) in [5.74, 6) is 0. The van der Waals surface area contributed by atoms with Crippen LogP contribution in [0.1, 0.15) is 0 Å². The summed E-state index contributed by atoms with van der Waals surface area (Å²) in [5, 5.41) is 4.14. The molecule has 0 bridgehead atoms. The van der Waals surface area contributed by atoms with Crippen LogP contribution in [0.4, 0.5) is 0 Å². The Balaban J connectivity index is 1.33. The van der Waals surface area contributed by atoms with E-state index in [2.05, 4.69) is 127 Å². The number of hydrogen-bond donors (Lipinski definition) is 0. The lowest BCUT2D eigenvalue weighted by Gasteiger charge is -2.20. The first-order valence-electron chi connectivity index (χ1n) is 10.9. The normalized spacial score (nSPS) is 12.3. The minimum atomic E-state index is -0.572. The third-order valence-electron chi connectivity index (χ3n) is 5.72. The predicted molar refractivity (Wildman–Crippen MR) is 145 cm³/mol. The summed E-state index contributed by atoms with van der Waals surface area (Å²) in [6, 6.07) is 46.5. The lowest BCUT2D eigenvalue weighted by Crippen LogP contribution is -2.20. The van der Waals surface area contributed by atoms with Crippen molar-refractivity contribution in [1.82, 2.24) is 0 Å². The fourth-order valence-electron chi connectivity index (χ4n) is 4.11. The fraction of sp³-hybridized carbons (Fsp3) is 0. The zero-order chi connectivity index (χ0) is 22.0. The Bertz CT molecular complexity index is 1360. The van der Waals surface area contributed by atoms with Gasteiger partial charge in [0.25, 0.3) is 0 Å². The Kier molecular flexibility index (Phi) is 5.82.